The molecule has 0 saturated heterocycles. The van der Waals surface area contributed by atoms with Gasteiger partial charge in [0.2, 0.25) is 5.95 Å². The van der Waals surface area contributed by atoms with Gasteiger partial charge in [-0.15, -0.1) is 0 Å². The van der Waals surface area contributed by atoms with E-state index in [1.807, 2.05) is 0 Å². The van der Waals surface area contributed by atoms with E-state index in [0.717, 1.165) is 0 Å². The average molecular weight is 338 g/mol. The zero-order chi connectivity index (χ0) is 18.5. The van der Waals surface area contributed by atoms with E-state index in [-0.39, 0.29) is 12.4 Å². The van der Waals surface area contributed by atoms with Crippen molar-refractivity contribution >= 4 is 18.0 Å². The van der Waals surface area contributed by atoms with Crippen molar-refractivity contribution in [3.05, 3.63) is 18.0 Å². The first-order chi connectivity index (χ1) is 10.9. The van der Waals surface area contributed by atoms with Crippen LogP contribution >= 0.6 is 0 Å². The molecular weight excluding hydrogens is 312 g/mol. The van der Waals surface area contributed by atoms with E-state index in [1.165, 1.54) is 6.20 Å². The lowest BCUT2D eigenvalue weighted by atomic mass is 10.1. The molecule has 0 radical (unpaired) electrons. The zero-order valence-electron chi connectivity index (χ0n) is 15.0. The molecule has 0 unspecified atom stereocenters. The van der Waals surface area contributed by atoms with Crippen LogP contribution in [-0.2, 0) is 20.7 Å². The number of hydrogen-bond acceptors (Lipinski definition) is 7. The summed E-state index contributed by atoms with van der Waals surface area (Å²) in [5.41, 5.74) is 4.69. The standard InChI is InChI=1S/C16H26N4O4/c1-15(2,3)23-12(21)11(20-14(22)24-16(4,5)6)9-10-7-8-18-13(17)19-10/h7-8,11H,9H2,1-6H3,(H,20,22)(H2,17,18,19)/t11-/m0/s1. The molecule has 3 N–H and O–H groups in total. The number of alkyl carbamates (subject to hydrolysis) is 1. The minimum Gasteiger partial charge on any atom is -0.458 e. The number of nitrogens with zero attached hydrogens (tertiary/aromatic N) is 2. The van der Waals surface area contributed by atoms with Gasteiger partial charge in [-0.1, -0.05) is 0 Å². The Kier molecular flexibility index (Phi) is 6.11. The van der Waals surface area contributed by atoms with Crippen LogP contribution in [0.2, 0.25) is 0 Å². The predicted molar refractivity (Wildman–Crippen MR) is 89.2 cm³/mol. The molecule has 1 amide bonds. The van der Waals surface area contributed by atoms with Crippen LogP contribution in [0.15, 0.2) is 12.3 Å². The van der Waals surface area contributed by atoms with E-state index in [2.05, 4.69) is 15.3 Å². The molecule has 8 nitrogen and oxygen atoms in total. The number of aromatic nitrogens is 2. The van der Waals surface area contributed by atoms with Gasteiger partial charge in [0.25, 0.3) is 0 Å². The molecule has 1 rings (SSSR count). The summed E-state index contributed by atoms with van der Waals surface area (Å²) in [7, 11) is 0. The molecule has 24 heavy (non-hydrogen) atoms. The van der Waals surface area contributed by atoms with Crippen LogP contribution in [0, 0.1) is 0 Å². The van der Waals surface area contributed by atoms with Gasteiger partial charge >= 0.3 is 12.1 Å². The van der Waals surface area contributed by atoms with Gasteiger partial charge in [0.15, 0.2) is 0 Å². The fourth-order valence-electron chi connectivity index (χ4n) is 1.75. The van der Waals surface area contributed by atoms with Crippen molar-refractivity contribution in [1.29, 1.82) is 0 Å². The topological polar surface area (TPSA) is 116 Å². The summed E-state index contributed by atoms with van der Waals surface area (Å²) in [5.74, 6) is -0.488. The number of nitrogens with two attached hydrogens (primary N) is 1. The first-order valence-corrected chi connectivity index (χ1v) is 7.65. The molecule has 1 aromatic rings. The lowest BCUT2D eigenvalue weighted by Crippen LogP contribution is -2.47. The predicted octanol–water partition coefficient (Wildman–Crippen LogP) is 1.84. The smallest absolute Gasteiger partial charge is 0.408 e. The third-order valence-electron chi connectivity index (χ3n) is 2.53. The van der Waals surface area contributed by atoms with Gasteiger partial charge in [-0.25, -0.2) is 19.6 Å². The van der Waals surface area contributed by atoms with Crippen molar-refractivity contribution < 1.29 is 19.1 Å². The Bertz CT molecular complexity index is 590. The van der Waals surface area contributed by atoms with Gasteiger partial charge < -0.3 is 20.5 Å². The highest BCUT2D eigenvalue weighted by atomic mass is 16.6. The van der Waals surface area contributed by atoms with Crippen LogP contribution in [0.5, 0.6) is 0 Å². The molecule has 8 heteroatoms. The second-order valence-corrected chi connectivity index (χ2v) is 7.34. The number of nitrogen functional groups attached to an aromatic ring is 1. The van der Waals surface area contributed by atoms with E-state index < -0.39 is 29.3 Å². The van der Waals surface area contributed by atoms with E-state index in [0.29, 0.717) is 5.69 Å². The minimum atomic E-state index is -0.951. The summed E-state index contributed by atoms with van der Waals surface area (Å²) >= 11 is 0. The molecule has 0 saturated carbocycles. The van der Waals surface area contributed by atoms with Crippen LogP contribution in [0.4, 0.5) is 10.7 Å². The minimum absolute atomic E-state index is 0.0905. The highest BCUT2D eigenvalue weighted by Crippen LogP contribution is 2.12. The molecule has 1 heterocycles. The van der Waals surface area contributed by atoms with E-state index in [4.69, 9.17) is 15.2 Å². The highest BCUT2D eigenvalue weighted by Gasteiger charge is 2.29. The van der Waals surface area contributed by atoms with Gasteiger partial charge in [-0.2, -0.15) is 0 Å². The SMILES string of the molecule is CC(C)(C)OC(=O)N[C@@H](Cc1ccnc(N)n1)C(=O)OC(C)(C)C. The fraction of sp³-hybridized carbons (Fsp3) is 0.625. The molecule has 134 valence electrons. The second-order valence-electron chi connectivity index (χ2n) is 7.34. The van der Waals surface area contributed by atoms with Gasteiger partial charge in [0.05, 0.1) is 0 Å². The number of rotatable bonds is 4. The van der Waals surface area contributed by atoms with Crippen molar-refractivity contribution in [3.8, 4) is 0 Å². The Labute approximate surface area is 142 Å². The van der Waals surface area contributed by atoms with Crippen molar-refractivity contribution in [3.63, 3.8) is 0 Å². The van der Waals surface area contributed by atoms with Gasteiger partial charge in [-0.05, 0) is 47.6 Å². The van der Waals surface area contributed by atoms with Crippen molar-refractivity contribution in [1.82, 2.24) is 15.3 Å². The van der Waals surface area contributed by atoms with E-state index in [9.17, 15) is 9.59 Å². The summed E-state index contributed by atoms with van der Waals surface area (Å²) in [6.45, 7) is 10.5. The van der Waals surface area contributed by atoms with Crippen LogP contribution in [-0.4, -0.2) is 39.3 Å². The number of hydrogen-bond donors (Lipinski definition) is 2. The van der Waals surface area contributed by atoms with Crippen molar-refractivity contribution in [2.75, 3.05) is 5.73 Å². The quantitative estimate of drug-likeness (QED) is 0.804. The summed E-state index contributed by atoms with van der Waals surface area (Å²) in [5, 5.41) is 2.53. The molecule has 1 atom stereocenters. The number of esters is 1. The number of carbonyl (C=O) groups excluding carboxylic acids is 2. The van der Waals surface area contributed by atoms with Gasteiger partial charge in [0.1, 0.15) is 17.2 Å². The lowest BCUT2D eigenvalue weighted by molar-refractivity contribution is -0.157. The molecule has 1 aromatic heterocycles. The number of nitrogens with one attached hydrogen (secondary N) is 1. The number of anilines is 1. The Hall–Kier alpha value is -2.38. The molecule has 0 aromatic carbocycles. The molecule has 0 bridgehead atoms. The molecule has 0 fully saturated rings. The zero-order valence-corrected chi connectivity index (χ0v) is 15.0. The third kappa shape index (κ3) is 7.75. The van der Waals surface area contributed by atoms with Crippen LogP contribution < -0.4 is 11.1 Å². The molecular formula is C16H26N4O4. The second kappa shape index (κ2) is 7.46. The number of amides is 1. The Morgan fingerprint density at radius 2 is 1.75 bits per heavy atom. The summed E-state index contributed by atoms with van der Waals surface area (Å²) in [6, 6.07) is 0.665. The number of carbonyl (C=O) groups is 2. The van der Waals surface area contributed by atoms with Gasteiger partial charge in [0, 0.05) is 18.3 Å². The molecule has 0 aliphatic rings. The lowest BCUT2D eigenvalue weighted by Gasteiger charge is -2.26. The largest absolute Gasteiger partial charge is 0.458 e. The maximum absolute atomic E-state index is 12.4. The Balaban J connectivity index is 2.90. The van der Waals surface area contributed by atoms with Crippen LogP contribution in [0.1, 0.15) is 47.2 Å². The van der Waals surface area contributed by atoms with Crippen LogP contribution in [0.3, 0.4) is 0 Å². The average Bonchev–Trinajstić information content (AvgIpc) is 2.33. The highest BCUT2D eigenvalue weighted by molar-refractivity contribution is 5.82. The van der Waals surface area contributed by atoms with Crippen LogP contribution in [0.25, 0.3) is 0 Å². The third-order valence-corrected chi connectivity index (χ3v) is 2.53. The first-order valence-electron chi connectivity index (χ1n) is 7.65. The van der Waals surface area contributed by atoms with E-state index >= 15 is 0 Å². The summed E-state index contributed by atoms with van der Waals surface area (Å²) in [4.78, 5) is 32.2. The molecule has 0 spiro atoms. The molecule has 0 aliphatic heterocycles. The maximum atomic E-state index is 12.4. The monoisotopic (exact) mass is 338 g/mol. The fourth-order valence-corrected chi connectivity index (χ4v) is 1.75. The Morgan fingerprint density at radius 3 is 2.25 bits per heavy atom. The molecule has 0 aliphatic carbocycles. The Morgan fingerprint density at radius 1 is 1.17 bits per heavy atom. The summed E-state index contributed by atoms with van der Waals surface area (Å²) in [6.07, 6.45) is 0.887. The van der Waals surface area contributed by atoms with E-state index in [1.54, 1.807) is 47.6 Å². The summed E-state index contributed by atoms with van der Waals surface area (Å²) < 4.78 is 10.5. The van der Waals surface area contributed by atoms with Gasteiger partial charge in [-0.3, -0.25) is 0 Å². The van der Waals surface area contributed by atoms with Crippen molar-refractivity contribution in [2.24, 2.45) is 0 Å². The maximum Gasteiger partial charge on any atom is 0.408 e. The van der Waals surface area contributed by atoms with Crippen molar-refractivity contribution in [2.45, 2.75) is 65.2 Å². The number of ether oxygens (including phenoxy) is 2. The normalized spacial score (nSPS) is 13.1. The first kappa shape index (κ1) is 19.7.